The largest absolute Gasteiger partial charge is 0.573 e. The van der Waals surface area contributed by atoms with Crippen molar-refractivity contribution in [2.45, 2.75) is 25.6 Å². The van der Waals surface area contributed by atoms with Gasteiger partial charge in [0.25, 0.3) is 0 Å². The first-order valence-electron chi connectivity index (χ1n) is 6.49. The fourth-order valence-corrected chi connectivity index (χ4v) is 2.00. The highest BCUT2D eigenvalue weighted by molar-refractivity contribution is 5.80. The monoisotopic (exact) mass is 315 g/mol. The molecule has 2 atom stereocenters. The van der Waals surface area contributed by atoms with Crippen LogP contribution in [0.25, 0.3) is 5.70 Å². The molecule has 0 bridgehead atoms. The fourth-order valence-electron chi connectivity index (χ4n) is 2.00. The molecule has 1 aliphatic heterocycles. The molecule has 1 aromatic carbocycles. The number of methoxy groups -OCH3 is 1. The Morgan fingerprint density at radius 1 is 1.36 bits per heavy atom. The predicted octanol–water partition coefficient (Wildman–Crippen LogP) is 2.55. The van der Waals surface area contributed by atoms with Gasteiger partial charge in [0, 0.05) is 25.1 Å². The number of rotatable bonds is 4. The number of halogens is 3. The highest BCUT2D eigenvalue weighted by atomic mass is 19.4. The Morgan fingerprint density at radius 2 is 2.09 bits per heavy atom. The van der Waals surface area contributed by atoms with E-state index >= 15 is 0 Å². The maximum Gasteiger partial charge on any atom is 0.573 e. The number of nitrogens with two attached hydrogens (primary N) is 1. The van der Waals surface area contributed by atoms with E-state index < -0.39 is 12.5 Å². The summed E-state index contributed by atoms with van der Waals surface area (Å²) in [4.78, 5) is 4.19. The zero-order chi connectivity index (χ0) is 16.3. The number of aliphatic imine (C=N–C) groups is 1. The summed E-state index contributed by atoms with van der Waals surface area (Å²) in [6.07, 6.45) is -2.45. The number of benzene rings is 1. The predicted molar refractivity (Wildman–Crippen MR) is 76.1 cm³/mol. The third kappa shape index (κ3) is 3.99. The number of alkyl halides is 3. The number of nitrogens with one attached hydrogen (secondary N) is 1. The van der Waals surface area contributed by atoms with Crippen LogP contribution in [0.2, 0.25) is 0 Å². The summed E-state index contributed by atoms with van der Waals surface area (Å²) in [5, 5.41) is 2.88. The van der Waals surface area contributed by atoms with E-state index in [1.54, 1.807) is 13.1 Å². The SMILES string of the molecule is COC(C)c1cc(OC(F)(F)F)ccc1C1=CNC(N)C=N1. The lowest BCUT2D eigenvalue weighted by Gasteiger charge is -2.20. The molecule has 0 aromatic heterocycles. The number of nitrogens with zero attached hydrogens (tertiary/aromatic N) is 1. The Kier molecular flexibility index (Phi) is 4.72. The van der Waals surface area contributed by atoms with Crippen molar-refractivity contribution in [2.75, 3.05) is 7.11 Å². The van der Waals surface area contributed by atoms with Crippen LogP contribution >= 0.6 is 0 Å². The van der Waals surface area contributed by atoms with Crippen molar-refractivity contribution in [1.82, 2.24) is 5.32 Å². The standard InChI is InChI=1S/C14H16F3N3O2/c1-8(21-2)11-5-9(22-14(15,16)17)3-4-10(11)12-6-20-13(18)7-19-12/h3-8,13,20H,18H2,1-2H3. The number of hydrogen-bond donors (Lipinski definition) is 2. The normalized spacial score (nSPS) is 19.4. The molecular weight excluding hydrogens is 299 g/mol. The second-order valence-corrected chi connectivity index (χ2v) is 4.67. The molecule has 1 aliphatic rings. The van der Waals surface area contributed by atoms with Gasteiger partial charge in [-0.1, -0.05) is 0 Å². The first-order chi connectivity index (χ1) is 10.3. The molecule has 0 saturated heterocycles. The van der Waals surface area contributed by atoms with E-state index in [9.17, 15) is 13.2 Å². The van der Waals surface area contributed by atoms with Crippen molar-refractivity contribution in [3.63, 3.8) is 0 Å². The molecule has 0 spiro atoms. The summed E-state index contributed by atoms with van der Waals surface area (Å²) in [5.41, 5.74) is 7.34. The summed E-state index contributed by atoms with van der Waals surface area (Å²) < 4.78 is 46.2. The van der Waals surface area contributed by atoms with Crippen LogP contribution in [0.5, 0.6) is 5.75 Å². The average molecular weight is 315 g/mol. The van der Waals surface area contributed by atoms with Gasteiger partial charge < -0.3 is 20.5 Å². The van der Waals surface area contributed by atoms with Crippen LogP contribution in [0.15, 0.2) is 29.4 Å². The minimum Gasteiger partial charge on any atom is -0.406 e. The van der Waals surface area contributed by atoms with E-state index in [1.165, 1.54) is 31.5 Å². The van der Waals surface area contributed by atoms with E-state index in [0.717, 1.165) is 0 Å². The van der Waals surface area contributed by atoms with Crippen molar-refractivity contribution < 1.29 is 22.6 Å². The number of hydrogen-bond acceptors (Lipinski definition) is 5. The topological polar surface area (TPSA) is 68.9 Å². The van der Waals surface area contributed by atoms with Crippen LogP contribution in [0.3, 0.4) is 0 Å². The lowest BCUT2D eigenvalue weighted by atomic mass is 10.00. The summed E-state index contributed by atoms with van der Waals surface area (Å²) in [6.45, 7) is 1.72. The Hall–Kier alpha value is -2.06. The molecule has 2 unspecified atom stereocenters. The minimum atomic E-state index is -4.74. The lowest BCUT2D eigenvalue weighted by molar-refractivity contribution is -0.274. The summed E-state index contributed by atoms with van der Waals surface area (Å²) in [6, 6.07) is 4.04. The Bertz CT molecular complexity index is 599. The van der Waals surface area contributed by atoms with E-state index in [4.69, 9.17) is 10.5 Å². The lowest BCUT2D eigenvalue weighted by Crippen LogP contribution is -2.37. The highest BCUT2D eigenvalue weighted by Gasteiger charge is 2.31. The van der Waals surface area contributed by atoms with Gasteiger partial charge in [0.15, 0.2) is 0 Å². The molecule has 0 amide bonds. The molecule has 1 aromatic rings. The quantitative estimate of drug-likeness (QED) is 0.896. The van der Waals surface area contributed by atoms with Gasteiger partial charge in [-0.2, -0.15) is 0 Å². The van der Waals surface area contributed by atoms with Gasteiger partial charge in [-0.3, -0.25) is 4.99 Å². The molecule has 2 rings (SSSR count). The molecule has 0 radical (unpaired) electrons. The van der Waals surface area contributed by atoms with Gasteiger partial charge in [0.2, 0.25) is 0 Å². The van der Waals surface area contributed by atoms with E-state index in [0.29, 0.717) is 16.8 Å². The first kappa shape index (κ1) is 16.3. The molecule has 5 nitrogen and oxygen atoms in total. The Morgan fingerprint density at radius 3 is 2.64 bits per heavy atom. The van der Waals surface area contributed by atoms with Crippen molar-refractivity contribution in [3.05, 3.63) is 35.5 Å². The molecule has 0 aliphatic carbocycles. The fraction of sp³-hybridized carbons (Fsp3) is 0.357. The third-order valence-corrected chi connectivity index (χ3v) is 3.11. The molecule has 1 heterocycles. The van der Waals surface area contributed by atoms with Gasteiger partial charge in [0.1, 0.15) is 11.9 Å². The van der Waals surface area contributed by atoms with Crippen LogP contribution in [0, 0.1) is 0 Å². The smallest absolute Gasteiger partial charge is 0.406 e. The zero-order valence-electron chi connectivity index (χ0n) is 12.0. The van der Waals surface area contributed by atoms with Gasteiger partial charge in [-0.25, -0.2) is 0 Å². The summed E-state index contributed by atoms with van der Waals surface area (Å²) >= 11 is 0. The van der Waals surface area contributed by atoms with Crippen LogP contribution in [0.1, 0.15) is 24.2 Å². The maximum atomic E-state index is 12.3. The van der Waals surface area contributed by atoms with Gasteiger partial charge in [-0.15, -0.1) is 13.2 Å². The van der Waals surface area contributed by atoms with Gasteiger partial charge in [0.05, 0.1) is 11.8 Å². The van der Waals surface area contributed by atoms with Crippen LogP contribution in [-0.4, -0.2) is 25.9 Å². The maximum absolute atomic E-state index is 12.3. The number of ether oxygens (including phenoxy) is 2. The summed E-state index contributed by atoms with van der Waals surface area (Å²) in [5.74, 6) is -0.305. The molecule has 22 heavy (non-hydrogen) atoms. The zero-order valence-corrected chi connectivity index (χ0v) is 12.0. The highest BCUT2D eigenvalue weighted by Crippen LogP contribution is 2.33. The van der Waals surface area contributed by atoms with Crippen molar-refractivity contribution in [1.29, 1.82) is 0 Å². The average Bonchev–Trinajstić information content (AvgIpc) is 2.46. The Balaban J connectivity index is 2.39. The van der Waals surface area contributed by atoms with Crippen LogP contribution in [-0.2, 0) is 4.74 Å². The van der Waals surface area contributed by atoms with E-state index in [-0.39, 0.29) is 11.9 Å². The molecule has 3 N–H and O–H groups in total. The molecular formula is C14H16F3N3O2. The molecule has 0 fully saturated rings. The minimum absolute atomic E-state index is 0.305. The first-order valence-corrected chi connectivity index (χ1v) is 6.49. The van der Waals surface area contributed by atoms with Crippen LogP contribution in [0.4, 0.5) is 13.2 Å². The second kappa shape index (κ2) is 6.37. The molecule has 120 valence electrons. The van der Waals surface area contributed by atoms with Crippen molar-refractivity contribution in [3.8, 4) is 5.75 Å². The molecule has 8 heteroatoms. The molecule has 0 saturated carbocycles. The van der Waals surface area contributed by atoms with Gasteiger partial charge in [-0.05, 0) is 30.7 Å². The van der Waals surface area contributed by atoms with Crippen molar-refractivity contribution in [2.24, 2.45) is 10.7 Å². The third-order valence-electron chi connectivity index (χ3n) is 3.11. The summed E-state index contributed by atoms with van der Waals surface area (Å²) in [7, 11) is 1.47. The Labute approximate surface area is 125 Å². The van der Waals surface area contributed by atoms with Crippen LogP contribution < -0.4 is 15.8 Å². The van der Waals surface area contributed by atoms with Crippen molar-refractivity contribution >= 4 is 11.9 Å². The van der Waals surface area contributed by atoms with E-state index in [2.05, 4.69) is 15.0 Å². The van der Waals surface area contributed by atoms with E-state index in [1.807, 2.05) is 0 Å². The van der Waals surface area contributed by atoms with Gasteiger partial charge >= 0.3 is 6.36 Å². The second-order valence-electron chi connectivity index (χ2n) is 4.67.